The predicted octanol–water partition coefficient (Wildman–Crippen LogP) is 1.52. The topological polar surface area (TPSA) is 75.4 Å². The highest BCUT2D eigenvalue weighted by molar-refractivity contribution is 7.13. The Hall–Kier alpha value is -1.66. The van der Waals surface area contributed by atoms with E-state index < -0.39 is 5.91 Å². The highest BCUT2D eigenvalue weighted by Crippen LogP contribution is 2.24. The molecule has 2 N–H and O–H groups in total. The highest BCUT2D eigenvalue weighted by Gasteiger charge is 2.12. The maximum Gasteiger partial charge on any atom is 0.296 e. The molecule has 0 aliphatic heterocycles. The summed E-state index contributed by atoms with van der Waals surface area (Å²) < 4.78 is 4.92. The average Bonchev–Trinajstić information content (AvgIpc) is 2.86. The number of carbonyl (C=O) groups excluding carboxylic acids is 1. The molecule has 1 amide bonds. The standard InChI is InChI=1S/C8H6N2O3S/c11-8(9-12)5-4-6(13-10-5)7-2-1-3-14-7/h1-4,12H,(H,9,11). The second-order valence-electron chi connectivity index (χ2n) is 2.49. The van der Waals surface area contributed by atoms with Crippen LogP contribution in [0.4, 0.5) is 0 Å². The van der Waals surface area contributed by atoms with Crippen LogP contribution in [0.1, 0.15) is 10.5 Å². The molecule has 72 valence electrons. The Bertz CT molecular complexity index is 435. The van der Waals surface area contributed by atoms with Gasteiger partial charge in [0.1, 0.15) is 0 Å². The van der Waals surface area contributed by atoms with E-state index in [0.29, 0.717) is 5.76 Å². The number of nitrogens with zero attached hydrogens (tertiary/aromatic N) is 1. The van der Waals surface area contributed by atoms with E-state index >= 15 is 0 Å². The number of thiophene rings is 1. The van der Waals surface area contributed by atoms with E-state index in [-0.39, 0.29) is 5.69 Å². The summed E-state index contributed by atoms with van der Waals surface area (Å²) in [4.78, 5) is 11.8. The zero-order chi connectivity index (χ0) is 9.97. The maximum atomic E-state index is 10.9. The number of nitrogens with one attached hydrogen (secondary N) is 1. The van der Waals surface area contributed by atoms with Gasteiger partial charge in [0, 0.05) is 6.07 Å². The number of hydrogen-bond acceptors (Lipinski definition) is 5. The van der Waals surface area contributed by atoms with Crippen molar-refractivity contribution in [2.24, 2.45) is 0 Å². The van der Waals surface area contributed by atoms with Gasteiger partial charge in [-0.3, -0.25) is 10.0 Å². The van der Waals surface area contributed by atoms with Crippen molar-refractivity contribution in [2.45, 2.75) is 0 Å². The van der Waals surface area contributed by atoms with Crippen molar-refractivity contribution in [1.29, 1.82) is 0 Å². The zero-order valence-corrected chi connectivity index (χ0v) is 7.75. The Labute approximate surface area is 82.9 Å². The van der Waals surface area contributed by atoms with Gasteiger partial charge in [-0.05, 0) is 11.4 Å². The molecule has 0 aliphatic rings. The molecule has 0 fully saturated rings. The van der Waals surface area contributed by atoms with E-state index in [2.05, 4.69) is 5.16 Å². The van der Waals surface area contributed by atoms with Crippen molar-refractivity contribution in [2.75, 3.05) is 0 Å². The lowest BCUT2D eigenvalue weighted by Crippen LogP contribution is -2.18. The Morgan fingerprint density at radius 2 is 2.50 bits per heavy atom. The fourth-order valence-corrected chi connectivity index (χ4v) is 1.65. The van der Waals surface area contributed by atoms with Gasteiger partial charge in [-0.1, -0.05) is 11.2 Å². The molecular weight excluding hydrogens is 204 g/mol. The number of amides is 1. The second-order valence-corrected chi connectivity index (χ2v) is 3.44. The third-order valence-corrected chi connectivity index (χ3v) is 2.49. The van der Waals surface area contributed by atoms with Crippen LogP contribution < -0.4 is 5.48 Å². The Balaban J connectivity index is 2.31. The molecule has 0 unspecified atom stereocenters. The first kappa shape index (κ1) is 8.92. The van der Waals surface area contributed by atoms with Crippen molar-refractivity contribution in [1.82, 2.24) is 10.6 Å². The normalized spacial score (nSPS) is 10.1. The number of hydrogen-bond donors (Lipinski definition) is 2. The lowest BCUT2D eigenvalue weighted by Gasteiger charge is -1.87. The minimum atomic E-state index is -0.684. The molecule has 0 atom stereocenters. The van der Waals surface area contributed by atoms with Crippen molar-refractivity contribution in [3.05, 3.63) is 29.3 Å². The molecule has 0 aliphatic carbocycles. The van der Waals surface area contributed by atoms with Crippen molar-refractivity contribution >= 4 is 17.2 Å². The quantitative estimate of drug-likeness (QED) is 0.582. The first-order valence-electron chi connectivity index (χ1n) is 3.76. The summed E-state index contributed by atoms with van der Waals surface area (Å²) in [5, 5.41) is 13.7. The fourth-order valence-electron chi connectivity index (χ4n) is 0.974. The van der Waals surface area contributed by atoms with E-state index in [1.165, 1.54) is 22.9 Å². The molecule has 0 saturated carbocycles. The molecular formula is C8H6N2O3S. The van der Waals surface area contributed by atoms with Crippen molar-refractivity contribution < 1.29 is 14.5 Å². The lowest BCUT2D eigenvalue weighted by atomic mass is 10.3. The van der Waals surface area contributed by atoms with E-state index in [9.17, 15) is 4.79 Å². The number of rotatable bonds is 2. The third kappa shape index (κ3) is 1.52. The van der Waals surface area contributed by atoms with E-state index in [4.69, 9.17) is 9.73 Å². The first-order chi connectivity index (χ1) is 6.81. The van der Waals surface area contributed by atoms with Gasteiger partial charge in [0.15, 0.2) is 11.5 Å². The van der Waals surface area contributed by atoms with Crippen LogP contribution in [-0.2, 0) is 0 Å². The van der Waals surface area contributed by atoms with Crippen LogP contribution in [0.3, 0.4) is 0 Å². The van der Waals surface area contributed by atoms with E-state index in [1.54, 1.807) is 0 Å². The Morgan fingerprint density at radius 3 is 3.14 bits per heavy atom. The number of hydroxylamine groups is 1. The van der Waals surface area contributed by atoms with Crippen molar-refractivity contribution in [3.8, 4) is 10.6 Å². The van der Waals surface area contributed by atoms with Crippen LogP contribution in [0.2, 0.25) is 0 Å². The van der Waals surface area contributed by atoms with Crippen LogP contribution in [-0.4, -0.2) is 16.3 Å². The number of carbonyl (C=O) groups is 1. The average molecular weight is 210 g/mol. The maximum absolute atomic E-state index is 10.9. The first-order valence-corrected chi connectivity index (χ1v) is 4.64. The monoisotopic (exact) mass is 210 g/mol. The lowest BCUT2D eigenvalue weighted by molar-refractivity contribution is 0.0696. The summed E-state index contributed by atoms with van der Waals surface area (Å²) >= 11 is 1.48. The SMILES string of the molecule is O=C(NO)c1cc(-c2cccs2)on1. The molecule has 0 saturated heterocycles. The van der Waals surface area contributed by atoms with Crippen LogP contribution in [0, 0.1) is 0 Å². The zero-order valence-electron chi connectivity index (χ0n) is 6.93. The highest BCUT2D eigenvalue weighted by atomic mass is 32.1. The molecule has 0 radical (unpaired) electrons. The molecule has 14 heavy (non-hydrogen) atoms. The van der Waals surface area contributed by atoms with Crippen LogP contribution >= 0.6 is 11.3 Å². The molecule has 2 aromatic rings. The second kappa shape index (κ2) is 3.60. The fraction of sp³-hybridized carbons (Fsp3) is 0. The van der Waals surface area contributed by atoms with Crippen LogP contribution in [0.25, 0.3) is 10.6 Å². The van der Waals surface area contributed by atoms with E-state index in [1.807, 2.05) is 17.5 Å². The van der Waals surface area contributed by atoms with E-state index in [0.717, 1.165) is 4.88 Å². The van der Waals surface area contributed by atoms with Gasteiger partial charge in [0.25, 0.3) is 5.91 Å². The minimum absolute atomic E-state index is 0.0518. The van der Waals surface area contributed by atoms with Gasteiger partial charge < -0.3 is 4.52 Å². The van der Waals surface area contributed by atoms with Crippen LogP contribution in [0.5, 0.6) is 0 Å². The number of aromatic nitrogens is 1. The van der Waals surface area contributed by atoms with Gasteiger partial charge in [-0.15, -0.1) is 11.3 Å². The van der Waals surface area contributed by atoms with Gasteiger partial charge in [-0.2, -0.15) is 0 Å². The summed E-state index contributed by atoms with van der Waals surface area (Å²) in [6, 6.07) is 5.19. The summed E-state index contributed by atoms with van der Waals surface area (Å²) in [5.74, 6) is -0.171. The molecule has 0 bridgehead atoms. The summed E-state index contributed by atoms with van der Waals surface area (Å²) in [6.07, 6.45) is 0. The third-order valence-electron chi connectivity index (χ3n) is 1.61. The van der Waals surface area contributed by atoms with Crippen LogP contribution in [0.15, 0.2) is 28.1 Å². The Morgan fingerprint density at radius 1 is 1.64 bits per heavy atom. The molecule has 2 rings (SSSR count). The molecule has 2 aromatic heterocycles. The van der Waals surface area contributed by atoms with Gasteiger partial charge in [0.2, 0.25) is 0 Å². The molecule has 5 nitrogen and oxygen atoms in total. The molecule has 0 spiro atoms. The Kier molecular flexibility index (Phi) is 2.30. The van der Waals surface area contributed by atoms with Gasteiger partial charge in [0.05, 0.1) is 4.88 Å². The van der Waals surface area contributed by atoms with Gasteiger partial charge >= 0.3 is 0 Å². The smallest absolute Gasteiger partial charge is 0.296 e. The molecule has 6 heteroatoms. The molecule has 2 heterocycles. The minimum Gasteiger partial charge on any atom is -0.355 e. The summed E-state index contributed by atoms with van der Waals surface area (Å²) in [5.41, 5.74) is 1.53. The molecule has 0 aromatic carbocycles. The largest absolute Gasteiger partial charge is 0.355 e. The van der Waals surface area contributed by atoms with Crippen molar-refractivity contribution in [3.63, 3.8) is 0 Å². The summed E-state index contributed by atoms with van der Waals surface area (Å²) in [7, 11) is 0. The predicted molar refractivity (Wildman–Crippen MR) is 49.1 cm³/mol. The van der Waals surface area contributed by atoms with Gasteiger partial charge in [-0.25, -0.2) is 5.48 Å². The summed E-state index contributed by atoms with van der Waals surface area (Å²) in [6.45, 7) is 0.